The van der Waals surface area contributed by atoms with Gasteiger partial charge in [-0.25, -0.2) is 8.78 Å². The molecule has 0 atom stereocenters. The lowest BCUT2D eigenvalue weighted by Crippen LogP contribution is -2.42. The van der Waals surface area contributed by atoms with Crippen molar-refractivity contribution >= 4 is 5.97 Å². The van der Waals surface area contributed by atoms with Crippen molar-refractivity contribution in [2.24, 2.45) is 5.41 Å². The maximum atomic E-state index is 14.5. The van der Waals surface area contributed by atoms with Crippen LogP contribution in [0.4, 0.5) is 8.78 Å². The second kappa shape index (κ2) is 12.7. The molecule has 0 N–H and O–H groups in total. The van der Waals surface area contributed by atoms with E-state index in [9.17, 15) is 13.6 Å². The molecule has 3 nitrogen and oxygen atoms in total. The third-order valence-electron chi connectivity index (χ3n) is 8.29. The number of nitrogens with zero attached hydrogens (tertiary/aromatic N) is 1. The van der Waals surface area contributed by atoms with Gasteiger partial charge in [-0.05, 0) is 49.8 Å². The van der Waals surface area contributed by atoms with Crippen LogP contribution in [0.25, 0.3) is 0 Å². The van der Waals surface area contributed by atoms with Crippen LogP contribution >= 0.6 is 0 Å². The summed E-state index contributed by atoms with van der Waals surface area (Å²) < 4.78 is 35.0. The summed E-state index contributed by atoms with van der Waals surface area (Å²) in [7, 11) is 0. The SMILES string of the molecule is CCCCCCCCC1(COC(=O)C2(c3cc(F)c(C#N)c(F)c3)CCCCC2)CCCCC1. The van der Waals surface area contributed by atoms with E-state index in [-0.39, 0.29) is 11.4 Å². The summed E-state index contributed by atoms with van der Waals surface area (Å²) in [5.41, 5.74) is -1.26. The van der Waals surface area contributed by atoms with Crippen molar-refractivity contribution in [2.45, 2.75) is 121 Å². The molecule has 0 heterocycles. The summed E-state index contributed by atoms with van der Waals surface area (Å²) in [5, 5.41) is 9.04. The lowest BCUT2D eigenvalue weighted by atomic mass is 9.68. The minimum atomic E-state index is -1.02. The number of hydrogen-bond donors (Lipinski definition) is 0. The fraction of sp³-hybridized carbons (Fsp3) is 0.724. The Bertz CT molecular complexity index is 825. The predicted octanol–water partition coefficient (Wildman–Crippen LogP) is 8.28. The van der Waals surface area contributed by atoms with Crippen molar-refractivity contribution in [3.05, 3.63) is 34.9 Å². The molecule has 0 bridgehead atoms. The lowest BCUT2D eigenvalue weighted by molar-refractivity contribution is -0.157. The van der Waals surface area contributed by atoms with Gasteiger partial charge in [-0.1, -0.05) is 84.0 Å². The average molecular weight is 474 g/mol. The highest BCUT2D eigenvalue weighted by atomic mass is 19.1. The van der Waals surface area contributed by atoms with Crippen molar-refractivity contribution in [1.29, 1.82) is 5.26 Å². The van der Waals surface area contributed by atoms with Crippen LogP contribution in [0.3, 0.4) is 0 Å². The molecular weight excluding hydrogens is 432 g/mol. The van der Waals surface area contributed by atoms with Gasteiger partial charge >= 0.3 is 5.97 Å². The van der Waals surface area contributed by atoms with E-state index in [4.69, 9.17) is 10.00 Å². The maximum Gasteiger partial charge on any atom is 0.316 e. The molecule has 0 radical (unpaired) electrons. The molecule has 0 amide bonds. The molecule has 0 spiro atoms. The molecule has 0 aliphatic heterocycles. The molecule has 2 aliphatic rings. The van der Waals surface area contributed by atoms with Crippen molar-refractivity contribution in [2.75, 3.05) is 6.61 Å². The summed E-state index contributed by atoms with van der Waals surface area (Å²) in [6.07, 6.45) is 18.0. The molecule has 1 aromatic rings. The first-order valence-electron chi connectivity index (χ1n) is 13.5. The van der Waals surface area contributed by atoms with Crippen LogP contribution in [0.2, 0.25) is 0 Å². The minimum absolute atomic E-state index is 0.0374. The zero-order valence-corrected chi connectivity index (χ0v) is 20.9. The first-order valence-corrected chi connectivity index (χ1v) is 13.5. The predicted molar refractivity (Wildman–Crippen MR) is 130 cm³/mol. The Balaban J connectivity index is 1.72. The number of hydrogen-bond acceptors (Lipinski definition) is 3. The lowest BCUT2D eigenvalue weighted by Gasteiger charge is -2.40. The first-order chi connectivity index (χ1) is 16.5. The third-order valence-corrected chi connectivity index (χ3v) is 8.29. The van der Waals surface area contributed by atoms with Crippen LogP contribution in [0, 0.1) is 28.4 Å². The number of rotatable bonds is 11. The van der Waals surface area contributed by atoms with Crippen LogP contribution in [0.1, 0.15) is 127 Å². The number of unbranched alkanes of at least 4 members (excludes halogenated alkanes) is 5. The Labute approximate surface area is 204 Å². The van der Waals surface area contributed by atoms with Gasteiger partial charge in [0.15, 0.2) is 0 Å². The molecule has 2 saturated carbocycles. The van der Waals surface area contributed by atoms with Gasteiger partial charge in [0.05, 0.1) is 12.0 Å². The summed E-state index contributed by atoms with van der Waals surface area (Å²) >= 11 is 0. The van der Waals surface area contributed by atoms with E-state index >= 15 is 0 Å². The Hall–Kier alpha value is -1.96. The molecule has 2 fully saturated rings. The molecule has 3 rings (SSSR count). The standard InChI is InChI=1S/C29H41F2NO2/c1-2-3-4-5-6-9-14-28(15-10-7-11-16-28)22-34-27(33)29(17-12-8-13-18-29)23-19-25(30)24(21-32)26(31)20-23/h19-20H,2-18,22H2,1H3. The molecule has 2 aliphatic carbocycles. The molecule has 5 heteroatoms. The number of carbonyl (C=O) groups is 1. The van der Waals surface area contributed by atoms with E-state index in [1.165, 1.54) is 69.9 Å². The fourth-order valence-electron chi connectivity index (χ4n) is 6.13. The highest BCUT2D eigenvalue weighted by molar-refractivity contribution is 5.83. The number of carbonyl (C=O) groups excluding carboxylic acids is 1. The van der Waals surface area contributed by atoms with Gasteiger partial charge in [0.2, 0.25) is 0 Å². The Morgan fingerprint density at radius 3 is 2.06 bits per heavy atom. The van der Waals surface area contributed by atoms with Crippen LogP contribution < -0.4 is 0 Å². The first kappa shape index (κ1) is 26.6. The van der Waals surface area contributed by atoms with Crippen LogP contribution in [0.5, 0.6) is 0 Å². The molecule has 0 aromatic heterocycles. The van der Waals surface area contributed by atoms with Gasteiger partial charge < -0.3 is 4.74 Å². The smallest absolute Gasteiger partial charge is 0.316 e. The van der Waals surface area contributed by atoms with Gasteiger partial charge in [-0.15, -0.1) is 0 Å². The van der Waals surface area contributed by atoms with Crippen molar-refractivity contribution in [3.63, 3.8) is 0 Å². The highest BCUT2D eigenvalue weighted by Gasteiger charge is 2.45. The van der Waals surface area contributed by atoms with Gasteiger partial charge in [0.25, 0.3) is 0 Å². The van der Waals surface area contributed by atoms with Crippen LogP contribution in [-0.2, 0) is 14.9 Å². The van der Waals surface area contributed by atoms with Crippen molar-refractivity contribution in [1.82, 2.24) is 0 Å². The van der Waals surface area contributed by atoms with Crippen molar-refractivity contribution < 1.29 is 18.3 Å². The average Bonchev–Trinajstić information content (AvgIpc) is 2.85. The summed E-state index contributed by atoms with van der Waals surface area (Å²) in [5.74, 6) is -2.15. The van der Waals surface area contributed by atoms with Gasteiger partial charge in [-0.2, -0.15) is 5.26 Å². The number of ether oxygens (including phenoxy) is 1. The zero-order valence-electron chi connectivity index (χ0n) is 20.9. The second-order valence-electron chi connectivity index (χ2n) is 10.7. The number of halogens is 2. The summed E-state index contributed by atoms with van der Waals surface area (Å²) in [6.45, 7) is 2.63. The molecule has 1 aromatic carbocycles. The topological polar surface area (TPSA) is 50.1 Å². The van der Waals surface area contributed by atoms with E-state index in [0.717, 1.165) is 38.5 Å². The van der Waals surface area contributed by atoms with E-state index in [1.54, 1.807) is 6.07 Å². The molecule has 0 saturated heterocycles. The van der Waals surface area contributed by atoms with E-state index in [2.05, 4.69) is 6.92 Å². The largest absolute Gasteiger partial charge is 0.464 e. The van der Waals surface area contributed by atoms with Gasteiger partial charge in [0, 0.05) is 5.41 Å². The highest BCUT2D eigenvalue weighted by Crippen LogP contribution is 2.44. The van der Waals surface area contributed by atoms with Crippen molar-refractivity contribution in [3.8, 4) is 6.07 Å². The molecule has 0 unspecified atom stereocenters. The quantitative estimate of drug-likeness (QED) is 0.240. The maximum absolute atomic E-state index is 14.5. The minimum Gasteiger partial charge on any atom is -0.464 e. The van der Waals surface area contributed by atoms with Crippen LogP contribution in [-0.4, -0.2) is 12.6 Å². The summed E-state index contributed by atoms with van der Waals surface area (Å²) in [6, 6.07) is 3.94. The fourth-order valence-corrected chi connectivity index (χ4v) is 6.13. The normalized spacial score (nSPS) is 19.4. The Morgan fingerprint density at radius 2 is 1.47 bits per heavy atom. The van der Waals surface area contributed by atoms with E-state index < -0.39 is 22.6 Å². The summed E-state index contributed by atoms with van der Waals surface area (Å²) in [4.78, 5) is 13.6. The van der Waals surface area contributed by atoms with Gasteiger partial charge in [-0.3, -0.25) is 4.79 Å². The zero-order chi connectivity index (χ0) is 24.4. The van der Waals surface area contributed by atoms with E-state index in [1.807, 2.05) is 0 Å². The Kier molecular flexibility index (Phi) is 9.92. The molecule has 34 heavy (non-hydrogen) atoms. The second-order valence-corrected chi connectivity index (χ2v) is 10.7. The Morgan fingerprint density at radius 1 is 0.912 bits per heavy atom. The number of nitriles is 1. The molecular formula is C29H41F2NO2. The molecule has 188 valence electrons. The number of benzene rings is 1. The van der Waals surface area contributed by atoms with E-state index in [0.29, 0.717) is 25.0 Å². The number of esters is 1. The van der Waals surface area contributed by atoms with Crippen LogP contribution in [0.15, 0.2) is 12.1 Å². The third kappa shape index (κ3) is 6.37. The van der Waals surface area contributed by atoms with Gasteiger partial charge in [0.1, 0.15) is 23.3 Å². The monoisotopic (exact) mass is 473 g/mol.